The molecule has 0 saturated heterocycles. The van der Waals surface area contributed by atoms with E-state index in [4.69, 9.17) is 0 Å². The number of aliphatic hydroxyl groups is 1. The summed E-state index contributed by atoms with van der Waals surface area (Å²) in [5.41, 5.74) is 2.13. The predicted molar refractivity (Wildman–Crippen MR) is 71.2 cm³/mol. The fraction of sp³-hybridized carbons (Fsp3) is 0.133. The highest BCUT2D eigenvalue weighted by atomic mass is 16.3. The van der Waals surface area contributed by atoms with E-state index in [-0.39, 0.29) is 5.91 Å². The fourth-order valence-corrected chi connectivity index (χ4v) is 1.85. The summed E-state index contributed by atoms with van der Waals surface area (Å²) in [6, 6.07) is 16.6. The second kappa shape index (κ2) is 5.47. The van der Waals surface area contributed by atoms with Gasteiger partial charge in [-0.3, -0.25) is 4.79 Å². The van der Waals surface area contributed by atoms with Gasteiger partial charge in [-0.1, -0.05) is 48.5 Å². The number of benzene rings is 2. The van der Waals surface area contributed by atoms with E-state index in [9.17, 15) is 9.90 Å². The van der Waals surface area contributed by atoms with Gasteiger partial charge in [-0.05, 0) is 11.6 Å². The van der Waals surface area contributed by atoms with E-state index >= 15 is 0 Å². The van der Waals surface area contributed by atoms with Gasteiger partial charge in [0.25, 0.3) is 0 Å². The van der Waals surface area contributed by atoms with E-state index in [1.807, 2.05) is 48.5 Å². The minimum Gasteiger partial charge on any atom is -0.384 e. The highest BCUT2D eigenvalue weighted by Gasteiger charge is 2.14. The summed E-state index contributed by atoms with van der Waals surface area (Å²) in [6.45, 7) is 1.45. The lowest BCUT2D eigenvalue weighted by Gasteiger charge is -2.16. The molecule has 0 spiro atoms. The molecule has 0 fully saturated rings. The lowest BCUT2D eigenvalue weighted by atomic mass is 10.00. The molecular formula is C15H15NO2. The van der Waals surface area contributed by atoms with Gasteiger partial charge in [0.05, 0.1) is 0 Å². The minimum absolute atomic E-state index is 0.150. The van der Waals surface area contributed by atoms with Gasteiger partial charge in [0.15, 0.2) is 0 Å². The number of hydrogen-bond acceptors (Lipinski definition) is 2. The van der Waals surface area contributed by atoms with E-state index in [1.165, 1.54) is 6.92 Å². The molecule has 92 valence electrons. The zero-order chi connectivity index (χ0) is 13.0. The summed E-state index contributed by atoms with van der Waals surface area (Å²) in [5.74, 6) is -0.150. The van der Waals surface area contributed by atoms with Crippen LogP contribution in [0.4, 0.5) is 5.69 Å². The standard InChI is InChI=1S/C15H15NO2/c1-11(17)16-14-10-6-5-9-13(14)15(18)12-7-3-2-4-8-12/h2-10,15,18H,1H3,(H,16,17)/t15-/m1/s1. The second-order valence-electron chi connectivity index (χ2n) is 4.08. The van der Waals surface area contributed by atoms with Crippen molar-refractivity contribution in [3.05, 3.63) is 65.7 Å². The van der Waals surface area contributed by atoms with Crippen LogP contribution in [0.1, 0.15) is 24.2 Å². The van der Waals surface area contributed by atoms with E-state index < -0.39 is 6.10 Å². The summed E-state index contributed by atoms with van der Waals surface area (Å²) in [5, 5.41) is 13.1. The van der Waals surface area contributed by atoms with E-state index in [0.717, 1.165) is 5.56 Å². The van der Waals surface area contributed by atoms with Crippen LogP contribution >= 0.6 is 0 Å². The lowest BCUT2D eigenvalue weighted by molar-refractivity contribution is -0.114. The lowest BCUT2D eigenvalue weighted by Crippen LogP contribution is -2.10. The van der Waals surface area contributed by atoms with E-state index in [0.29, 0.717) is 11.3 Å². The normalized spacial score (nSPS) is 11.9. The Hall–Kier alpha value is -2.13. The molecule has 2 rings (SSSR count). The van der Waals surface area contributed by atoms with Crippen molar-refractivity contribution in [1.29, 1.82) is 0 Å². The molecule has 18 heavy (non-hydrogen) atoms. The SMILES string of the molecule is CC(=O)Nc1ccccc1[C@H](O)c1ccccc1. The van der Waals surface area contributed by atoms with Crippen LogP contribution in [0, 0.1) is 0 Å². The number of hydrogen-bond donors (Lipinski definition) is 2. The predicted octanol–water partition coefficient (Wildman–Crippen LogP) is 2.73. The van der Waals surface area contributed by atoms with Crippen LogP contribution in [0.3, 0.4) is 0 Å². The Morgan fingerprint density at radius 1 is 1.06 bits per heavy atom. The van der Waals surface area contributed by atoms with Crippen molar-refractivity contribution >= 4 is 11.6 Å². The number of aliphatic hydroxyl groups excluding tert-OH is 1. The number of amides is 1. The third-order valence-corrected chi connectivity index (χ3v) is 2.68. The van der Waals surface area contributed by atoms with Gasteiger partial charge < -0.3 is 10.4 Å². The second-order valence-corrected chi connectivity index (χ2v) is 4.08. The van der Waals surface area contributed by atoms with Crippen molar-refractivity contribution in [1.82, 2.24) is 0 Å². The van der Waals surface area contributed by atoms with Crippen molar-refractivity contribution < 1.29 is 9.90 Å². The maximum atomic E-state index is 11.1. The summed E-state index contributed by atoms with van der Waals surface area (Å²) >= 11 is 0. The Morgan fingerprint density at radius 2 is 1.67 bits per heavy atom. The van der Waals surface area contributed by atoms with Crippen LogP contribution in [-0.2, 0) is 4.79 Å². The molecule has 1 atom stereocenters. The van der Waals surface area contributed by atoms with E-state index in [1.54, 1.807) is 6.07 Å². The van der Waals surface area contributed by atoms with E-state index in [2.05, 4.69) is 5.32 Å². The molecule has 2 aromatic carbocycles. The quantitative estimate of drug-likeness (QED) is 0.868. The van der Waals surface area contributed by atoms with Crippen LogP contribution in [0.2, 0.25) is 0 Å². The fourth-order valence-electron chi connectivity index (χ4n) is 1.85. The molecule has 0 aromatic heterocycles. The Balaban J connectivity index is 2.36. The van der Waals surface area contributed by atoms with Crippen molar-refractivity contribution in [2.45, 2.75) is 13.0 Å². The number of carbonyl (C=O) groups excluding carboxylic acids is 1. The average molecular weight is 241 g/mol. The summed E-state index contributed by atoms with van der Waals surface area (Å²) < 4.78 is 0. The van der Waals surface area contributed by atoms with Crippen LogP contribution < -0.4 is 5.32 Å². The molecule has 0 radical (unpaired) electrons. The molecule has 2 aromatic rings. The van der Waals surface area contributed by atoms with Gasteiger partial charge in [0, 0.05) is 18.2 Å². The molecule has 0 bridgehead atoms. The number of para-hydroxylation sites is 1. The number of carbonyl (C=O) groups is 1. The van der Waals surface area contributed by atoms with Crippen LogP contribution in [0.15, 0.2) is 54.6 Å². The van der Waals surface area contributed by atoms with Crippen molar-refractivity contribution in [3.63, 3.8) is 0 Å². The summed E-state index contributed by atoms with van der Waals surface area (Å²) in [4.78, 5) is 11.1. The maximum absolute atomic E-state index is 11.1. The maximum Gasteiger partial charge on any atom is 0.221 e. The molecule has 0 saturated carbocycles. The molecule has 0 heterocycles. The largest absolute Gasteiger partial charge is 0.384 e. The molecule has 1 amide bonds. The zero-order valence-electron chi connectivity index (χ0n) is 10.1. The van der Waals surface area contributed by atoms with Crippen LogP contribution in [0.25, 0.3) is 0 Å². The molecular weight excluding hydrogens is 226 g/mol. The molecule has 0 aliphatic heterocycles. The van der Waals surface area contributed by atoms with Gasteiger partial charge in [-0.15, -0.1) is 0 Å². The Labute approximate surface area is 106 Å². The third kappa shape index (κ3) is 2.76. The smallest absolute Gasteiger partial charge is 0.221 e. The monoisotopic (exact) mass is 241 g/mol. The third-order valence-electron chi connectivity index (χ3n) is 2.68. The highest BCUT2D eigenvalue weighted by molar-refractivity contribution is 5.89. The van der Waals surface area contributed by atoms with Crippen LogP contribution in [-0.4, -0.2) is 11.0 Å². The van der Waals surface area contributed by atoms with Crippen molar-refractivity contribution in [3.8, 4) is 0 Å². The average Bonchev–Trinajstić information content (AvgIpc) is 2.39. The molecule has 0 aliphatic rings. The summed E-state index contributed by atoms with van der Waals surface area (Å²) in [7, 11) is 0. The topological polar surface area (TPSA) is 49.3 Å². The molecule has 0 aliphatic carbocycles. The van der Waals surface area contributed by atoms with Gasteiger partial charge >= 0.3 is 0 Å². The Kier molecular flexibility index (Phi) is 3.75. The molecule has 0 unspecified atom stereocenters. The number of anilines is 1. The van der Waals surface area contributed by atoms with Gasteiger partial charge in [-0.2, -0.15) is 0 Å². The molecule has 3 heteroatoms. The Morgan fingerprint density at radius 3 is 2.33 bits per heavy atom. The molecule has 3 nitrogen and oxygen atoms in total. The first kappa shape index (κ1) is 12.3. The van der Waals surface area contributed by atoms with Gasteiger partial charge in [0.1, 0.15) is 6.10 Å². The zero-order valence-corrected chi connectivity index (χ0v) is 10.1. The number of rotatable bonds is 3. The molecule has 2 N–H and O–H groups in total. The van der Waals surface area contributed by atoms with Gasteiger partial charge in [0.2, 0.25) is 5.91 Å². The van der Waals surface area contributed by atoms with Gasteiger partial charge in [-0.25, -0.2) is 0 Å². The first-order chi connectivity index (χ1) is 8.68. The van der Waals surface area contributed by atoms with Crippen molar-refractivity contribution in [2.75, 3.05) is 5.32 Å². The first-order valence-electron chi connectivity index (χ1n) is 5.78. The minimum atomic E-state index is -0.741. The number of nitrogens with one attached hydrogen (secondary N) is 1. The highest BCUT2D eigenvalue weighted by Crippen LogP contribution is 2.27. The van der Waals surface area contributed by atoms with Crippen molar-refractivity contribution in [2.24, 2.45) is 0 Å². The van der Waals surface area contributed by atoms with Crippen LogP contribution in [0.5, 0.6) is 0 Å². The Bertz CT molecular complexity index is 537. The summed E-state index contributed by atoms with van der Waals surface area (Å²) in [6.07, 6.45) is -0.741. The first-order valence-corrected chi connectivity index (χ1v) is 5.78.